The van der Waals surface area contributed by atoms with Crippen LogP contribution in [0.1, 0.15) is 0 Å². The van der Waals surface area contributed by atoms with Crippen LogP contribution in [0.25, 0.3) is 0 Å². The zero-order valence-corrected chi connectivity index (χ0v) is 9.53. The van der Waals surface area contributed by atoms with E-state index < -0.39 is 0 Å². The molecule has 0 unspecified atom stereocenters. The molecule has 0 saturated heterocycles. The molecule has 0 fully saturated rings. The Hall–Kier alpha value is 0.263. The van der Waals surface area contributed by atoms with Gasteiger partial charge in [-0.25, -0.2) is 0 Å². The van der Waals surface area contributed by atoms with Crippen molar-refractivity contribution in [1.82, 2.24) is 0 Å². The van der Waals surface area contributed by atoms with Crippen LogP contribution in [0.5, 0.6) is 0 Å². The van der Waals surface area contributed by atoms with Crippen molar-refractivity contribution in [3.63, 3.8) is 0 Å². The molecule has 0 aliphatic carbocycles. The molecule has 9 radical (unpaired) electrons. The van der Waals surface area contributed by atoms with Gasteiger partial charge in [-0.05, 0) is 0 Å². The molecule has 0 saturated carbocycles. The Balaban J connectivity index is -0.00000000356. The third-order valence-corrected chi connectivity index (χ3v) is 0. The molecule has 0 atom stereocenters. The molecular formula is C4Br2O4Rh. The summed E-state index contributed by atoms with van der Waals surface area (Å²) in [7, 11) is 0. The fourth-order valence-electron chi connectivity index (χ4n) is 0. The largest absolute Gasteiger partial charge is 2.00 e. The van der Waals surface area contributed by atoms with Gasteiger partial charge in [0.1, 0.15) is 0 Å². The van der Waals surface area contributed by atoms with Gasteiger partial charge in [-0.3, -0.25) is 19.2 Å². The molecular weight excluding hydrogens is 375 g/mol. The van der Waals surface area contributed by atoms with Crippen LogP contribution < -0.4 is 34.0 Å². The minimum atomic E-state index is 0. The van der Waals surface area contributed by atoms with Crippen LogP contribution in [-0.4, -0.2) is 27.2 Å². The average molecular weight is 375 g/mol. The number of rotatable bonds is 0. The Labute approximate surface area is 99.4 Å². The van der Waals surface area contributed by atoms with Crippen LogP contribution in [0.4, 0.5) is 0 Å². The smallest absolute Gasteiger partial charge is 1.00 e. The van der Waals surface area contributed by atoms with Gasteiger partial charge in [-0.15, -0.1) is 0 Å². The van der Waals surface area contributed by atoms with Crippen molar-refractivity contribution in [2.45, 2.75) is 0 Å². The summed E-state index contributed by atoms with van der Waals surface area (Å²) in [6.07, 6.45) is 0. The molecule has 0 aliphatic rings. The molecule has 0 aromatic rings. The zero-order valence-electron chi connectivity index (χ0n) is 4.72. The summed E-state index contributed by atoms with van der Waals surface area (Å²) in [6.45, 7) is 18.0. The topological polar surface area (TPSA) is 68.3 Å². The van der Waals surface area contributed by atoms with Crippen molar-refractivity contribution in [3.05, 3.63) is 0 Å². The summed E-state index contributed by atoms with van der Waals surface area (Å²) in [6, 6.07) is 0. The van der Waals surface area contributed by atoms with Crippen molar-refractivity contribution in [1.29, 1.82) is 0 Å². The standard InChI is InChI=1S/4CO.2BrH.Rh/c4*1-2;;;/h;;;;2*1H;/q;;;;;;+2/p-2. The number of carbonyl (C=O) groups excluding carboxylic acids is 4. The summed E-state index contributed by atoms with van der Waals surface area (Å²) < 4.78 is 0. The maximum absolute atomic E-state index is 7.50. The summed E-state index contributed by atoms with van der Waals surface area (Å²) in [4.78, 5) is 30.0. The van der Waals surface area contributed by atoms with Crippen LogP contribution >= 0.6 is 0 Å². The van der Waals surface area contributed by atoms with E-state index in [-0.39, 0.29) is 53.4 Å². The molecule has 0 spiro atoms. The van der Waals surface area contributed by atoms with E-state index in [1.165, 1.54) is 0 Å². The second-order valence-electron chi connectivity index (χ2n) is 0. The first-order valence-electron chi connectivity index (χ1n) is 0.816. The van der Waals surface area contributed by atoms with E-state index in [0.717, 1.165) is 0 Å². The Bertz CT molecular complexity index is 28.1. The normalized spacial score (nSPS) is 1.45. The number of hydrogen-bond donors (Lipinski definition) is 0. The first-order valence-corrected chi connectivity index (χ1v) is 0.816. The molecule has 63 valence electrons. The van der Waals surface area contributed by atoms with E-state index in [4.69, 9.17) is 19.2 Å². The van der Waals surface area contributed by atoms with Crippen LogP contribution in [0.15, 0.2) is 0 Å². The summed E-state index contributed by atoms with van der Waals surface area (Å²) >= 11 is 0. The van der Waals surface area contributed by atoms with E-state index in [1.807, 2.05) is 0 Å². The van der Waals surface area contributed by atoms with E-state index in [9.17, 15) is 0 Å². The molecule has 0 bridgehead atoms. The third kappa shape index (κ3) is 10100. The van der Waals surface area contributed by atoms with Gasteiger partial charge in [0.25, 0.3) is 27.2 Å². The Morgan fingerprint density at radius 2 is 0.455 bits per heavy atom. The van der Waals surface area contributed by atoms with Gasteiger partial charge < -0.3 is 34.0 Å². The van der Waals surface area contributed by atoms with Gasteiger partial charge in [0.15, 0.2) is 0 Å². The summed E-state index contributed by atoms with van der Waals surface area (Å²) in [5, 5.41) is 0. The fraction of sp³-hybridized carbons (Fsp3) is 0. The van der Waals surface area contributed by atoms with Gasteiger partial charge in [-0.1, -0.05) is 0 Å². The van der Waals surface area contributed by atoms with E-state index in [2.05, 4.69) is 27.2 Å². The number of halogens is 2. The van der Waals surface area contributed by atoms with Gasteiger partial charge in [0.05, 0.1) is 0 Å². The molecule has 0 amide bonds. The maximum Gasteiger partial charge on any atom is 2.00 e. The van der Waals surface area contributed by atoms with Gasteiger partial charge in [0, 0.05) is 0 Å². The number of hydrogen-bond acceptors (Lipinski definition) is 4. The van der Waals surface area contributed by atoms with E-state index in [1.54, 1.807) is 0 Å². The Morgan fingerprint density at radius 3 is 0.455 bits per heavy atom. The maximum atomic E-state index is 7.50. The predicted octanol–water partition coefficient (Wildman–Crippen LogP) is -7.58. The Morgan fingerprint density at radius 1 is 0.455 bits per heavy atom. The van der Waals surface area contributed by atoms with Crippen molar-refractivity contribution in [2.24, 2.45) is 0 Å². The molecule has 4 nitrogen and oxygen atoms in total. The average Bonchev–Trinajstić information content (AvgIpc) is 2.03. The zero-order chi connectivity index (χ0) is 8.00. The molecule has 11 heavy (non-hydrogen) atoms. The third-order valence-electron chi connectivity index (χ3n) is 0. The van der Waals surface area contributed by atoms with Crippen molar-refractivity contribution in [2.75, 3.05) is 0 Å². The molecule has 0 aromatic carbocycles. The van der Waals surface area contributed by atoms with Gasteiger partial charge in [-0.2, -0.15) is 0 Å². The summed E-state index contributed by atoms with van der Waals surface area (Å²) in [5.41, 5.74) is 0. The quantitative estimate of drug-likeness (QED) is 0.395. The van der Waals surface area contributed by atoms with Crippen LogP contribution in [0.3, 0.4) is 0 Å². The molecule has 0 rings (SSSR count). The molecule has 0 aliphatic heterocycles. The Kier molecular flexibility index (Phi) is 75300. The van der Waals surface area contributed by atoms with E-state index in [0.29, 0.717) is 0 Å². The van der Waals surface area contributed by atoms with Crippen LogP contribution in [0.2, 0.25) is 0 Å². The SMILES string of the molecule is [Br-].[Br-].[C]=O.[C]=O.[C]=O.[C]=O.[Rh+2]. The monoisotopic (exact) mass is 373 g/mol. The van der Waals surface area contributed by atoms with E-state index >= 15 is 0 Å². The minimum Gasteiger partial charge on any atom is -1.00 e. The molecule has 0 N–H and O–H groups in total. The minimum absolute atomic E-state index is 0. The molecule has 0 heterocycles. The second kappa shape index (κ2) is 12700. The second-order valence-corrected chi connectivity index (χ2v) is 0. The van der Waals surface area contributed by atoms with Crippen LogP contribution in [-0.2, 0) is 38.7 Å². The molecule has 7 heteroatoms. The predicted molar refractivity (Wildman–Crippen MR) is 22.8 cm³/mol. The van der Waals surface area contributed by atoms with Crippen molar-refractivity contribution < 1.29 is 72.6 Å². The van der Waals surface area contributed by atoms with Gasteiger partial charge >= 0.3 is 19.5 Å². The summed E-state index contributed by atoms with van der Waals surface area (Å²) in [5.74, 6) is 0. The van der Waals surface area contributed by atoms with Gasteiger partial charge in [0.2, 0.25) is 0 Å². The fourth-order valence-corrected chi connectivity index (χ4v) is 0. The van der Waals surface area contributed by atoms with Crippen molar-refractivity contribution >= 4 is 27.2 Å². The molecule has 0 aromatic heterocycles. The first-order chi connectivity index (χ1) is 4.00. The first kappa shape index (κ1) is 65.3. The van der Waals surface area contributed by atoms with Crippen LogP contribution in [0, 0.1) is 0 Å². The van der Waals surface area contributed by atoms with Crippen molar-refractivity contribution in [3.8, 4) is 0 Å².